The van der Waals surface area contributed by atoms with Gasteiger partial charge in [0, 0.05) is 12.8 Å². The van der Waals surface area contributed by atoms with E-state index >= 15 is 0 Å². The van der Waals surface area contributed by atoms with Crippen LogP contribution in [0.1, 0.15) is 367 Å². The fourth-order valence-electron chi connectivity index (χ4n) is 11.2. The summed E-state index contributed by atoms with van der Waals surface area (Å²) in [6, 6.07) is 0. The zero-order valence-electron chi connectivity index (χ0n) is 57.7. The highest BCUT2D eigenvalue weighted by molar-refractivity contribution is 5.70. The molecule has 0 amide bonds. The van der Waals surface area contributed by atoms with E-state index in [1.807, 2.05) is 21.1 Å². The van der Waals surface area contributed by atoms with E-state index in [1.165, 1.54) is 276 Å². The third-order valence-corrected chi connectivity index (χ3v) is 16.8. The zero-order chi connectivity index (χ0) is 62.6. The molecule has 0 radical (unpaired) electrons. The number of carbonyl (C=O) groups excluding carboxylic acids is 3. The van der Waals surface area contributed by atoms with Crippen LogP contribution >= 0.6 is 0 Å². The minimum absolute atomic E-state index is 0.150. The van der Waals surface area contributed by atoms with E-state index in [9.17, 15) is 19.5 Å². The normalized spacial score (nSPS) is 12.9. The van der Waals surface area contributed by atoms with Gasteiger partial charge in [-0.05, 0) is 51.4 Å². The van der Waals surface area contributed by atoms with E-state index in [-0.39, 0.29) is 32.2 Å². The van der Waals surface area contributed by atoms with E-state index in [1.54, 1.807) is 0 Å². The van der Waals surface area contributed by atoms with Gasteiger partial charge in [0.05, 0.1) is 40.3 Å². The van der Waals surface area contributed by atoms with Gasteiger partial charge in [-0.15, -0.1) is 0 Å². The van der Waals surface area contributed by atoms with E-state index in [2.05, 4.69) is 62.5 Å². The zero-order valence-corrected chi connectivity index (χ0v) is 57.7. The van der Waals surface area contributed by atoms with Crippen LogP contribution in [0.5, 0.6) is 0 Å². The Morgan fingerprint density at radius 3 is 0.988 bits per heavy atom. The Morgan fingerprint density at radius 2 is 0.663 bits per heavy atom. The molecule has 0 saturated heterocycles. The monoisotopic (exact) mass is 1210 g/mol. The third-order valence-electron chi connectivity index (χ3n) is 16.8. The van der Waals surface area contributed by atoms with Crippen LogP contribution in [0.15, 0.2) is 48.6 Å². The summed E-state index contributed by atoms with van der Waals surface area (Å²) in [5, 5.41) is 11.8. The van der Waals surface area contributed by atoms with Gasteiger partial charge < -0.3 is 33.3 Å². The highest BCUT2D eigenvalue weighted by atomic mass is 16.7. The lowest BCUT2D eigenvalue weighted by molar-refractivity contribution is -0.870. The number of likely N-dealkylation sites (N-methyl/N-ethyl adjacent to an activating group) is 1. The Hall–Kier alpha value is -2.75. The van der Waals surface area contributed by atoms with Crippen molar-refractivity contribution in [2.75, 3.05) is 47.5 Å². The quantitative estimate of drug-likeness (QED) is 0.0195. The Morgan fingerprint density at radius 1 is 0.360 bits per heavy atom. The molecule has 0 aliphatic carbocycles. The highest BCUT2D eigenvalue weighted by Gasteiger charge is 2.22. The summed E-state index contributed by atoms with van der Waals surface area (Å²) in [6.07, 6.45) is 85.0. The molecule has 86 heavy (non-hydrogen) atoms. The Bertz CT molecular complexity index is 1550. The van der Waals surface area contributed by atoms with Crippen molar-refractivity contribution in [3.63, 3.8) is 0 Å². The molecule has 2 unspecified atom stereocenters. The summed E-state index contributed by atoms with van der Waals surface area (Å²) in [5.41, 5.74) is 0. The molecule has 0 heterocycles. The molecule has 0 fully saturated rings. The van der Waals surface area contributed by atoms with Crippen molar-refractivity contribution in [1.29, 1.82) is 0 Å². The highest BCUT2D eigenvalue weighted by Crippen LogP contribution is 2.19. The average molecular weight is 1210 g/mol. The first-order valence-corrected chi connectivity index (χ1v) is 37.3. The number of nitrogens with zero attached hydrogens (tertiary/aromatic N) is 1. The number of carbonyl (C=O) groups is 3. The Kier molecular flexibility index (Phi) is 66.0. The van der Waals surface area contributed by atoms with Crippen LogP contribution in [-0.4, -0.2) is 82.3 Å². The first-order valence-electron chi connectivity index (χ1n) is 37.3. The van der Waals surface area contributed by atoms with Gasteiger partial charge in [0.15, 0.2) is 12.4 Å². The largest absolute Gasteiger partial charge is 0.545 e. The van der Waals surface area contributed by atoms with E-state index < -0.39 is 24.3 Å². The molecule has 0 aromatic heterocycles. The van der Waals surface area contributed by atoms with Gasteiger partial charge in [0.1, 0.15) is 13.2 Å². The lowest BCUT2D eigenvalue weighted by atomic mass is 10.0. The molecule has 2 atom stereocenters. The van der Waals surface area contributed by atoms with Gasteiger partial charge in [0.25, 0.3) is 0 Å². The van der Waals surface area contributed by atoms with Crippen molar-refractivity contribution in [2.24, 2.45) is 0 Å². The fraction of sp³-hybridized carbons (Fsp3) is 0.857. The number of hydrogen-bond donors (Lipinski definition) is 0. The second kappa shape index (κ2) is 68.2. The molecule has 9 nitrogen and oxygen atoms in total. The van der Waals surface area contributed by atoms with Crippen LogP contribution < -0.4 is 5.11 Å². The number of carboxylic acid groups (broad SMARTS) is 1. The molecule has 0 N–H and O–H groups in total. The predicted octanol–water partition coefficient (Wildman–Crippen LogP) is 22.0. The van der Waals surface area contributed by atoms with Crippen LogP contribution in [0.3, 0.4) is 0 Å². The molecular weight excluding hydrogens is 1070 g/mol. The fourth-order valence-corrected chi connectivity index (χ4v) is 11.2. The Balaban J connectivity index is 4.02. The van der Waals surface area contributed by atoms with Gasteiger partial charge in [-0.25, -0.2) is 0 Å². The second-order valence-electron chi connectivity index (χ2n) is 26.6. The van der Waals surface area contributed by atoms with E-state index in [4.69, 9.17) is 18.9 Å². The van der Waals surface area contributed by atoms with Crippen LogP contribution in [0.4, 0.5) is 0 Å². The molecule has 0 spiro atoms. The van der Waals surface area contributed by atoms with Crippen LogP contribution in [0.2, 0.25) is 0 Å². The van der Waals surface area contributed by atoms with Crippen LogP contribution in [0, 0.1) is 0 Å². The number of esters is 2. The second-order valence-corrected chi connectivity index (χ2v) is 26.6. The number of ether oxygens (including phenoxy) is 4. The molecule has 0 saturated carbocycles. The predicted molar refractivity (Wildman–Crippen MR) is 366 cm³/mol. The minimum Gasteiger partial charge on any atom is -0.545 e. The van der Waals surface area contributed by atoms with Crippen molar-refractivity contribution in [2.45, 2.75) is 379 Å². The molecule has 0 aliphatic rings. The number of aliphatic carboxylic acids is 1. The summed E-state index contributed by atoms with van der Waals surface area (Å²) in [5.74, 6) is -2.25. The summed E-state index contributed by atoms with van der Waals surface area (Å²) in [4.78, 5) is 37.5. The maximum Gasteiger partial charge on any atom is 0.306 e. The van der Waals surface area contributed by atoms with Crippen molar-refractivity contribution < 1.29 is 42.9 Å². The Labute approximate surface area is 533 Å². The SMILES string of the molecule is CC/C=C\C/C=C\C/C=C\C/C=C\CCCCCCCCCCCCCCCCCCCCC(=O)OC(COC(=O)CCCCCCCCCCCCCCCCCCCCCCCCCCCCCCCC)COC(OCC[N+](C)(C)C)C(=O)[O-]. The molecule has 0 aromatic rings. The number of unbranched alkanes of at least 4 members (excludes halogenated alkanes) is 47. The maximum atomic E-state index is 13.0. The number of carboxylic acids is 1. The number of rotatable bonds is 70. The van der Waals surface area contributed by atoms with Gasteiger partial charge in [-0.1, -0.05) is 351 Å². The number of quaternary nitrogens is 1. The molecular formula is C77H143NO8. The first-order chi connectivity index (χ1) is 42.1. The van der Waals surface area contributed by atoms with Gasteiger partial charge in [0.2, 0.25) is 0 Å². The summed E-state index contributed by atoms with van der Waals surface area (Å²) >= 11 is 0. The smallest absolute Gasteiger partial charge is 0.306 e. The van der Waals surface area contributed by atoms with Crippen LogP contribution in [0.25, 0.3) is 0 Å². The standard InChI is InChI=1S/C77H143NO8/c1-6-8-10-12-14-16-18-20-22-24-26-28-30-32-34-36-38-40-42-44-46-48-50-52-54-56-58-60-62-64-66-68-75(80)86-73(72-85-77(76(81)82)83-70-69-78(3,4)5)71-84-74(79)67-65-63-61-59-57-55-53-51-49-47-45-43-41-39-37-35-33-31-29-27-25-23-21-19-17-15-13-11-9-7-2/h8,10,14,16,20,22,26,28,73,77H,6-7,9,11-13,15,17-19,21,23-25,27,29-72H2,1-5H3/b10-8-,16-14-,22-20-,28-26-. The van der Waals surface area contributed by atoms with Crippen LogP contribution in [-0.2, 0) is 33.3 Å². The molecule has 9 heteroatoms. The molecule has 0 aliphatic heterocycles. The summed E-state index contributed by atoms with van der Waals surface area (Å²) < 4.78 is 22.9. The molecule has 0 aromatic carbocycles. The lowest BCUT2D eigenvalue weighted by Crippen LogP contribution is -2.44. The minimum atomic E-state index is -1.62. The summed E-state index contributed by atoms with van der Waals surface area (Å²) in [7, 11) is 5.95. The first kappa shape index (κ1) is 83.2. The topological polar surface area (TPSA) is 111 Å². The molecule has 504 valence electrons. The lowest BCUT2D eigenvalue weighted by Gasteiger charge is -2.26. The van der Waals surface area contributed by atoms with Crippen molar-refractivity contribution >= 4 is 17.9 Å². The van der Waals surface area contributed by atoms with Crippen molar-refractivity contribution in [3.05, 3.63) is 48.6 Å². The van der Waals surface area contributed by atoms with Crippen molar-refractivity contribution in [1.82, 2.24) is 0 Å². The van der Waals surface area contributed by atoms with Gasteiger partial charge in [-0.3, -0.25) is 9.59 Å². The van der Waals surface area contributed by atoms with Gasteiger partial charge >= 0.3 is 11.9 Å². The average Bonchev–Trinajstić information content (AvgIpc) is 3.64. The maximum absolute atomic E-state index is 13.0. The van der Waals surface area contributed by atoms with Gasteiger partial charge in [-0.2, -0.15) is 0 Å². The number of hydrogen-bond acceptors (Lipinski definition) is 8. The number of allylic oxidation sites excluding steroid dienone is 8. The molecule has 0 bridgehead atoms. The summed E-state index contributed by atoms with van der Waals surface area (Å²) in [6.45, 7) is 4.71. The van der Waals surface area contributed by atoms with Crippen molar-refractivity contribution in [3.8, 4) is 0 Å². The molecule has 0 rings (SSSR count). The van der Waals surface area contributed by atoms with E-state index in [0.29, 0.717) is 23.9 Å². The van der Waals surface area contributed by atoms with E-state index in [0.717, 1.165) is 57.8 Å². The third kappa shape index (κ3) is 68.7.